The van der Waals surface area contributed by atoms with Gasteiger partial charge in [-0.2, -0.15) is 0 Å². The number of hydrogen-bond donors (Lipinski definition) is 0. The van der Waals surface area contributed by atoms with Gasteiger partial charge < -0.3 is 0 Å². The monoisotopic (exact) mass is 1270 g/mol. The number of pyridine rings is 2. The molecule has 20 heteroatoms. The molecule has 10 aromatic carbocycles. The Hall–Kier alpha value is -10.8. The van der Waals surface area contributed by atoms with Gasteiger partial charge in [-0.15, -0.1) is 0 Å². The van der Waals surface area contributed by atoms with Crippen LogP contribution in [0.3, 0.4) is 0 Å². The van der Waals surface area contributed by atoms with Crippen molar-refractivity contribution in [1.82, 2.24) is 9.97 Å². The molecule has 0 saturated carbocycles. The summed E-state index contributed by atoms with van der Waals surface area (Å²) in [4.78, 5) is 8.37. The van der Waals surface area contributed by atoms with Crippen molar-refractivity contribution in [3.05, 3.63) is 322 Å². The summed E-state index contributed by atoms with van der Waals surface area (Å²) in [6, 6.07) is 53.7. The molecule has 0 bridgehead atoms. The van der Waals surface area contributed by atoms with Gasteiger partial charge in [-0.3, -0.25) is 9.97 Å². The third kappa shape index (κ3) is 13.5. The second-order valence-corrected chi connectivity index (χ2v) is 19.9. The van der Waals surface area contributed by atoms with Crippen LogP contribution in [0.2, 0.25) is 0 Å². The predicted octanol–water partition coefficient (Wildman–Crippen LogP) is 22.0. The van der Waals surface area contributed by atoms with E-state index in [0.717, 1.165) is 22.3 Å². The highest BCUT2D eigenvalue weighted by molar-refractivity contribution is 5.77. The molecule has 0 atom stereocenters. The Balaban J connectivity index is 0.000000145. The fourth-order valence-electron chi connectivity index (χ4n) is 9.52. The van der Waals surface area contributed by atoms with Gasteiger partial charge in [0.2, 0.25) is 11.6 Å². The Morgan fingerprint density at radius 1 is 0.196 bits per heavy atom. The van der Waals surface area contributed by atoms with Gasteiger partial charge in [-0.25, -0.2) is 79.0 Å². The number of aromatic nitrogens is 2. The Morgan fingerprint density at radius 3 is 0.848 bits per heavy atom. The summed E-state index contributed by atoms with van der Waals surface area (Å²) in [5, 5.41) is 0. The first-order chi connectivity index (χ1) is 44.0. The van der Waals surface area contributed by atoms with Crippen LogP contribution < -0.4 is 0 Å². The van der Waals surface area contributed by atoms with Crippen LogP contribution >= 0.6 is 0 Å². The zero-order chi connectivity index (χ0) is 66.2. The van der Waals surface area contributed by atoms with Gasteiger partial charge in [0.25, 0.3) is 0 Å². The average molecular weight is 1280 g/mol. The highest BCUT2D eigenvalue weighted by Gasteiger charge is 2.30. The molecule has 2 nitrogen and oxygen atoms in total. The molecule has 0 radical (unpaired) electrons. The zero-order valence-corrected chi connectivity index (χ0v) is 47.3. The van der Waals surface area contributed by atoms with Gasteiger partial charge in [-0.1, -0.05) is 164 Å². The highest BCUT2D eigenvalue weighted by atomic mass is 19.2. The van der Waals surface area contributed by atoms with Crippen LogP contribution in [0, 0.1) is 119 Å². The molecule has 2 heterocycles. The Bertz CT molecular complexity index is 4240. The summed E-state index contributed by atoms with van der Waals surface area (Å²) in [7, 11) is 0. The molecule has 92 heavy (non-hydrogen) atoms. The van der Waals surface area contributed by atoms with Gasteiger partial charge in [0.05, 0.1) is 22.5 Å². The fraction of sp³-hybridized carbons (Fsp3) is 0.0278. The van der Waals surface area contributed by atoms with Crippen LogP contribution in [0.4, 0.5) is 79.0 Å². The number of halogens is 18. The molecule has 0 saturated heterocycles. The zero-order valence-electron chi connectivity index (χ0n) is 47.3. The lowest BCUT2D eigenvalue weighted by atomic mass is 9.97. The molecule has 0 aliphatic rings. The topological polar surface area (TPSA) is 25.8 Å². The molecule has 0 fully saturated rings. The first-order valence-electron chi connectivity index (χ1n) is 27.0. The van der Waals surface area contributed by atoms with Crippen molar-refractivity contribution < 1.29 is 79.0 Å². The summed E-state index contributed by atoms with van der Waals surface area (Å²) in [6.45, 7) is 2.41. The minimum absolute atomic E-state index is 0.0841. The maximum absolute atomic E-state index is 14.0. The molecule has 0 N–H and O–H groups in total. The van der Waals surface area contributed by atoms with Crippen LogP contribution in [0.15, 0.2) is 207 Å². The van der Waals surface area contributed by atoms with Gasteiger partial charge in [0.15, 0.2) is 93.1 Å². The van der Waals surface area contributed by atoms with E-state index < -0.39 is 116 Å². The molecule has 12 aromatic rings. The maximum Gasteiger partial charge on any atom is 0.200 e. The quantitative estimate of drug-likeness (QED) is 0.0861. The van der Waals surface area contributed by atoms with Gasteiger partial charge in [0, 0.05) is 40.2 Å². The Labute approximate surface area is 512 Å². The Kier molecular flexibility index (Phi) is 20.3. The van der Waals surface area contributed by atoms with Crippen LogP contribution in [-0.4, -0.2) is 9.97 Å². The molecule has 464 valence electrons. The van der Waals surface area contributed by atoms with E-state index in [0.29, 0.717) is 22.5 Å². The van der Waals surface area contributed by atoms with Gasteiger partial charge in [0.1, 0.15) is 0 Å². The van der Waals surface area contributed by atoms with Crippen LogP contribution in [0.1, 0.15) is 11.1 Å². The SMILES string of the molecule is Cc1c(F)c(F)c(F)c(F)c1-c1ccc(-c2ccccc2)nc1.Cc1c(F)c(F)c(F)c(F)c1-c1ccc(-c2ccccn2)cc1.Fc1c(F)c(F)c(-c2cccc(-c3ccccc3)c2)c(F)c1F.Fc1c(F)c(F)c(-c2cccc(-c3ccccc3)c2)c(F)c1F. The van der Waals surface area contributed by atoms with Crippen molar-refractivity contribution in [3.8, 4) is 89.3 Å². The van der Waals surface area contributed by atoms with Gasteiger partial charge in [-0.05, 0) is 94.3 Å². The van der Waals surface area contributed by atoms with E-state index in [1.54, 1.807) is 109 Å². The second-order valence-electron chi connectivity index (χ2n) is 19.9. The molecule has 0 unspecified atom stereocenters. The van der Waals surface area contributed by atoms with Crippen molar-refractivity contribution in [2.24, 2.45) is 0 Å². The summed E-state index contributed by atoms with van der Waals surface area (Å²) in [5.74, 6) is -32.3. The third-order valence-corrected chi connectivity index (χ3v) is 14.2. The molecular weight excluding hydrogens is 1230 g/mol. The van der Waals surface area contributed by atoms with Gasteiger partial charge >= 0.3 is 0 Å². The summed E-state index contributed by atoms with van der Waals surface area (Å²) in [6.07, 6.45) is 2.95. The lowest BCUT2D eigenvalue weighted by molar-refractivity contribution is 0.381. The molecule has 0 spiro atoms. The van der Waals surface area contributed by atoms with E-state index in [-0.39, 0.29) is 44.5 Å². The van der Waals surface area contributed by atoms with Crippen molar-refractivity contribution in [1.29, 1.82) is 0 Å². The van der Waals surface area contributed by atoms with Crippen molar-refractivity contribution >= 4 is 0 Å². The molecule has 0 amide bonds. The van der Waals surface area contributed by atoms with Crippen molar-refractivity contribution in [2.45, 2.75) is 13.8 Å². The largest absolute Gasteiger partial charge is 0.256 e. The third-order valence-electron chi connectivity index (χ3n) is 14.2. The molecular formula is C72H40F18N2. The normalized spacial score (nSPS) is 10.8. The number of benzene rings is 10. The smallest absolute Gasteiger partial charge is 0.200 e. The fourth-order valence-corrected chi connectivity index (χ4v) is 9.52. The summed E-state index contributed by atoms with van der Waals surface area (Å²) in [5.41, 5.74) is 2.94. The Morgan fingerprint density at radius 2 is 0.478 bits per heavy atom. The van der Waals surface area contributed by atoms with E-state index in [1.165, 1.54) is 74.6 Å². The van der Waals surface area contributed by atoms with Crippen molar-refractivity contribution in [2.75, 3.05) is 0 Å². The number of rotatable bonds is 8. The number of hydrogen-bond acceptors (Lipinski definition) is 2. The van der Waals surface area contributed by atoms with Crippen LogP contribution in [-0.2, 0) is 0 Å². The minimum Gasteiger partial charge on any atom is -0.256 e. The summed E-state index contributed by atoms with van der Waals surface area (Å²) < 4.78 is 244. The first-order valence-corrected chi connectivity index (χ1v) is 27.0. The second kappa shape index (κ2) is 28.4. The molecule has 0 aliphatic carbocycles. The van der Waals surface area contributed by atoms with E-state index in [9.17, 15) is 79.0 Å². The van der Waals surface area contributed by atoms with E-state index in [1.807, 2.05) is 36.4 Å². The molecule has 2 aromatic heterocycles. The standard InChI is InChI=1S/2C18H9F5.2C18H11F4N/c2*19-14-13(15(20)17(22)18(23)16(14)21)12-8-4-7-11(9-12)10-5-2-1-3-6-10;1-10-14(16(20)18(22)17(21)15(10)19)12-7-5-11(6-8-12)13-4-2-3-9-23-13;1-10-14(16(20)18(22)17(21)15(10)19)12-7-8-13(23-9-12)11-5-3-2-4-6-11/h2*1-9H;2*2-9H,1H3. The van der Waals surface area contributed by atoms with Crippen molar-refractivity contribution in [3.63, 3.8) is 0 Å². The van der Waals surface area contributed by atoms with Crippen LogP contribution in [0.25, 0.3) is 89.3 Å². The lowest BCUT2D eigenvalue weighted by Gasteiger charge is -2.11. The maximum atomic E-state index is 14.0. The predicted molar refractivity (Wildman–Crippen MR) is 314 cm³/mol. The molecule has 12 rings (SSSR count). The average Bonchev–Trinajstić information content (AvgIpc) is 0.908. The van der Waals surface area contributed by atoms with E-state index in [2.05, 4.69) is 9.97 Å². The minimum atomic E-state index is -2.16. The number of nitrogens with zero attached hydrogens (tertiary/aromatic N) is 2. The van der Waals surface area contributed by atoms with Crippen LogP contribution in [0.5, 0.6) is 0 Å². The van der Waals surface area contributed by atoms with E-state index >= 15 is 0 Å². The lowest BCUT2D eigenvalue weighted by Crippen LogP contribution is -2.04. The highest BCUT2D eigenvalue weighted by Crippen LogP contribution is 2.38. The first kappa shape index (κ1) is 65.7. The summed E-state index contributed by atoms with van der Waals surface area (Å²) >= 11 is 0. The van der Waals surface area contributed by atoms with E-state index in [4.69, 9.17) is 0 Å². The molecule has 0 aliphatic heterocycles.